The lowest BCUT2D eigenvalue weighted by atomic mass is 10.0. The van der Waals surface area contributed by atoms with Crippen LogP contribution in [-0.4, -0.2) is 57.4 Å². The number of aromatic nitrogens is 4. The molecule has 0 bridgehead atoms. The first-order chi connectivity index (χ1) is 11.5. The van der Waals surface area contributed by atoms with E-state index in [4.69, 9.17) is 0 Å². The van der Waals surface area contributed by atoms with Gasteiger partial charge in [-0.3, -0.25) is 4.79 Å². The Morgan fingerprint density at radius 2 is 2.04 bits per heavy atom. The summed E-state index contributed by atoms with van der Waals surface area (Å²) in [5, 5.41) is 15.0. The quantitative estimate of drug-likeness (QED) is 0.727. The first kappa shape index (κ1) is 18.4. The lowest BCUT2D eigenvalue weighted by molar-refractivity contribution is -0.120. The fourth-order valence-corrected chi connectivity index (χ4v) is 3.05. The van der Waals surface area contributed by atoms with Gasteiger partial charge in [0.15, 0.2) is 0 Å². The normalized spacial score (nSPS) is 12.4. The lowest BCUT2D eigenvalue weighted by Gasteiger charge is -2.25. The molecule has 2 aromatic rings. The fraction of sp³-hybridized carbons (Fsp3) is 0.500. The van der Waals surface area contributed by atoms with E-state index >= 15 is 0 Å². The first-order valence-corrected chi connectivity index (χ1v) is 8.80. The van der Waals surface area contributed by atoms with Gasteiger partial charge in [0.2, 0.25) is 11.1 Å². The van der Waals surface area contributed by atoms with Crippen LogP contribution in [0.5, 0.6) is 0 Å². The zero-order chi connectivity index (χ0) is 17.5. The highest BCUT2D eigenvalue weighted by molar-refractivity contribution is 7.99. The highest BCUT2D eigenvalue weighted by atomic mass is 32.2. The van der Waals surface area contributed by atoms with Crippen LogP contribution in [-0.2, 0) is 11.8 Å². The van der Waals surface area contributed by atoms with Crippen molar-refractivity contribution >= 4 is 17.7 Å². The molecule has 0 unspecified atom stereocenters. The number of amides is 1. The number of benzene rings is 1. The standard InChI is InChI=1S/C16H24N6OS/c1-12-5-7-13(8-6-12)14(21(2)3)11-17-15(23)9-10-24-16-18-19-20-22(16)4/h5-8,14H,9-11H2,1-4H3,(H,17,23)/t14-/m0/s1. The summed E-state index contributed by atoms with van der Waals surface area (Å²) in [6, 6.07) is 8.58. The van der Waals surface area contributed by atoms with E-state index in [1.165, 1.54) is 22.9 Å². The van der Waals surface area contributed by atoms with Crippen molar-refractivity contribution < 1.29 is 4.79 Å². The third-order valence-corrected chi connectivity index (χ3v) is 4.73. The van der Waals surface area contributed by atoms with Crippen LogP contribution in [0.25, 0.3) is 0 Å². The van der Waals surface area contributed by atoms with E-state index in [0.717, 1.165) is 0 Å². The number of nitrogens with one attached hydrogen (secondary N) is 1. The van der Waals surface area contributed by atoms with Crippen LogP contribution in [0.15, 0.2) is 29.4 Å². The maximum absolute atomic E-state index is 12.1. The Balaban J connectivity index is 1.80. The van der Waals surface area contributed by atoms with E-state index in [-0.39, 0.29) is 11.9 Å². The van der Waals surface area contributed by atoms with Gasteiger partial charge < -0.3 is 10.2 Å². The third-order valence-electron chi connectivity index (χ3n) is 3.72. The Bertz CT molecular complexity index is 655. The Morgan fingerprint density at radius 3 is 2.62 bits per heavy atom. The number of thioether (sulfide) groups is 1. The topological polar surface area (TPSA) is 75.9 Å². The molecular formula is C16H24N6OS. The molecule has 0 radical (unpaired) electrons. The summed E-state index contributed by atoms with van der Waals surface area (Å²) < 4.78 is 1.60. The molecule has 0 fully saturated rings. The van der Waals surface area contributed by atoms with Gasteiger partial charge >= 0.3 is 0 Å². The summed E-state index contributed by atoms with van der Waals surface area (Å²) in [5.74, 6) is 0.689. The van der Waals surface area contributed by atoms with Crippen molar-refractivity contribution in [2.45, 2.75) is 24.5 Å². The summed E-state index contributed by atoms with van der Waals surface area (Å²) in [7, 11) is 5.83. The Hall–Kier alpha value is -1.93. The first-order valence-electron chi connectivity index (χ1n) is 7.82. The van der Waals surface area contributed by atoms with Crippen molar-refractivity contribution in [2.24, 2.45) is 7.05 Å². The van der Waals surface area contributed by atoms with Gasteiger partial charge in [-0.2, -0.15) is 0 Å². The SMILES string of the molecule is Cc1ccc([C@H](CNC(=O)CCSc2nnnn2C)N(C)C)cc1. The molecule has 1 heterocycles. The molecule has 130 valence electrons. The van der Waals surface area contributed by atoms with Gasteiger partial charge in [0.1, 0.15) is 0 Å². The van der Waals surface area contributed by atoms with Gasteiger partial charge in [0.05, 0.1) is 6.04 Å². The van der Waals surface area contributed by atoms with Crippen LogP contribution in [0.2, 0.25) is 0 Å². The molecular weight excluding hydrogens is 324 g/mol. The van der Waals surface area contributed by atoms with E-state index < -0.39 is 0 Å². The summed E-state index contributed by atoms with van der Waals surface area (Å²) >= 11 is 1.48. The van der Waals surface area contributed by atoms with E-state index in [2.05, 4.69) is 56.9 Å². The highest BCUT2D eigenvalue weighted by Crippen LogP contribution is 2.18. The monoisotopic (exact) mass is 348 g/mol. The molecule has 0 aliphatic carbocycles. The minimum absolute atomic E-state index is 0.0385. The second-order valence-corrected chi connectivity index (χ2v) is 6.94. The highest BCUT2D eigenvalue weighted by Gasteiger charge is 2.15. The van der Waals surface area contributed by atoms with E-state index in [1.54, 1.807) is 11.7 Å². The van der Waals surface area contributed by atoms with E-state index in [0.29, 0.717) is 23.9 Å². The molecule has 0 aliphatic heterocycles. The number of aryl methyl sites for hydroxylation is 2. The molecule has 1 N–H and O–H groups in total. The molecule has 1 amide bonds. The Morgan fingerprint density at radius 1 is 1.33 bits per heavy atom. The number of tetrazole rings is 1. The zero-order valence-electron chi connectivity index (χ0n) is 14.6. The molecule has 1 atom stereocenters. The van der Waals surface area contributed by atoms with Crippen LogP contribution in [0, 0.1) is 6.92 Å². The molecule has 0 aliphatic rings. The number of likely N-dealkylation sites (N-methyl/N-ethyl adjacent to an activating group) is 1. The van der Waals surface area contributed by atoms with E-state index in [9.17, 15) is 4.79 Å². The molecule has 8 heteroatoms. The molecule has 0 saturated carbocycles. The largest absolute Gasteiger partial charge is 0.354 e. The minimum atomic E-state index is 0.0385. The van der Waals surface area contributed by atoms with Crippen LogP contribution in [0.1, 0.15) is 23.6 Å². The molecule has 24 heavy (non-hydrogen) atoms. The van der Waals surface area contributed by atoms with Gasteiger partial charge in [-0.15, -0.1) is 5.10 Å². The van der Waals surface area contributed by atoms with Gasteiger partial charge in [0, 0.05) is 25.8 Å². The molecule has 1 aromatic heterocycles. The van der Waals surface area contributed by atoms with Crippen LogP contribution < -0.4 is 5.32 Å². The minimum Gasteiger partial charge on any atom is -0.354 e. The predicted octanol–water partition coefficient (Wildman–Crippen LogP) is 1.42. The van der Waals surface area contributed by atoms with Gasteiger partial charge in [-0.05, 0) is 37.0 Å². The van der Waals surface area contributed by atoms with Crippen LogP contribution in [0.4, 0.5) is 0 Å². The van der Waals surface area contributed by atoms with Crippen molar-refractivity contribution in [1.82, 2.24) is 30.4 Å². The van der Waals surface area contributed by atoms with Crippen molar-refractivity contribution in [3.05, 3.63) is 35.4 Å². The van der Waals surface area contributed by atoms with Gasteiger partial charge in [-0.25, -0.2) is 4.68 Å². The smallest absolute Gasteiger partial charge is 0.220 e. The molecule has 0 saturated heterocycles. The van der Waals surface area contributed by atoms with Crippen LogP contribution >= 0.6 is 11.8 Å². The van der Waals surface area contributed by atoms with Crippen molar-refractivity contribution in [3.8, 4) is 0 Å². The second-order valence-electron chi connectivity index (χ2n) is 5.88. The number of rotatable bonds is 8. The van der Waals surface area contributed by atoms with E-state index in [1.807, 2.05) is 14.1 Å². The van der Waals surface area contributed by atoms with Gasteiger partial charge in [0.25, 0.3) is 0 Å². The summed E-state index contributed by atoms with van der Waals surface area (Å²) in [6.07, 6.45) is 0.436. The molecule has 2 rings (SSSR count). The maximum Gasteiger partial charge on any atom is 0.220 e. The number of hydrogen-bond acceptors (Lipinski definition) is 6. The third kappa shape index (κ3) is 5.31. The Labute approximate surface area is 146 Å². The Kier molecular flexibility index (Phi) is 6.74. The van der Waals surface area contributed by atoms with Crippen molar-refractivity contribution in [1.29, 1.82) is 0 Å². The molecule has 0 spiro atoms. The maximum atomic E-state index is 12.1. The lowest BCUT2D eigenvalue weighted by Crippen LogP contribution is -2.34. The average molecular weight is 348 g/mol. The fourth-order valence-electron chi connectivity index (χ4n) is 2.26. The summed E-state index contributed by atoms with van der Waals surface area (Å²) in [5.41, 5.74) is 2.43. The number of carbonyl (C=O) groups excluding carboxylic acids is 1. The van der Waals surface area contributed by atoms with Crippen molar-refractivity contribution in [3.63, 3.8) is 0 Å². The zero-order valence-corrected chi connectivity index (χ0v) is 15.4. The second kappa shape index (κ2) is 8.79. The summed E-state index contributed by atoms with van der Waals surface area (Å²) in [6.45, 7) is 2.66. The molecule has 1 aromatic carbocycles. The van der Waals surface area contributed by atoms with Crippen molar-refractivity contribution in [2.75, 3.05) is 26.4 Å². The predicted molar refractivity (Wildman–Crippen MR) is 94.8 cm³/mol. The van der Waals surface area contributed by atoms with Crippen LogP contribution in [0.3, 0.4) is 0 Å². The molecule has 7 nitrogen and oxygen atoms in total. The van der Waals surface area contributed by atoms with Gasteiger partial charge in [-0.1, -0.05) is 41.6 Å². The number of carbonyl (C=O) groups is 1. The number of hydrogen-bond donors (Lipinski definition) is 1. The average Bonchev–Trinajstić information content (AvgIpc) is 2.94. The number of nitrogens with zero attached hydrogens (tertiary/aromatic N) is 5. The summed E-state index contributed by atoms with van der Waals surface area (Å²) in [4.78, 5) is 14.2.